The van der Waals surface area contributed by atoms with Crippen LogP contribution < -0.4 is 4.74 Å². The molecule has 1 rings (SSSR count). The summed E-state index contributed by atoms with van der Waals surface area (Å²) in [5.74, 6) is 0.557. The average molecular weight is 213 g/mol. The lowest BCUT2D eigenvalue weighted by molar-refractivity contribution is 0.111. The molecule has 0 aliphatic carbocycles. The zero-order valence-corrected chi connectivity index (χ0v) is 9.04. The predicted octanol–water partition coefficient (Wildman–Crippen LogP) is 3.33. The van der Waals surface area contributed by atoms with Crippen LogP contribution in [0.2, 0.25) is 5.02 Å². The van der Waals surface area contributed by atoms with Crippen molar-refractivity contribution in [2.75, 3.05) is 0 Å². The van der Waals surface area contributed by atoms with Gasteiger partial charge in [-0.15, -0.1) is 0 Å². The van der Waals surface area contributed by atoms with Crippen LogP contribution in [0.4, 0.5) is 0 Å². The molecular weight excluding hydrogens is 200 g/mol. The Hall–Kier alpha value is -1.02. The van der Waals surface area contributed by atoms with Crippen LogP contribution in [-0.2, 0) is 0 Å². The third-order valence-corrected chi connectivity index (χ3v) is 2.36. The summed E-state index contributed by atoms with van der Waals surface area (Å²) in [4.78, 5) is 10.8. The second kappa shape index (κ2) is 5.01. The minimum absolute atomic E-state index is 0.0900. The summed E-state index contributed by atoms with van der Waals surface area (Å²) < 4.78 is 5.55. The van der Waals surface area contributed by atoms with Gasteiger partial charge in [0, 0.05) is 0 Å². The number of hydrogen-bond donors (Lipinski definition) is 0. The Balaban J connectivity index is 2.96. The molecule has 0 fully saturated rings. The second-order valence-corrected chi connectivity index (χ2v) is 3.51. The van der Waals surface area contributed by atoms with Crippen molar-refractivity contribution in [2.45, 2.75) is 26.4 Å². The molecule has 0 saturated carbocycles. The first-order valence-corrected chi connectivity index (χ1v) is 4.97. The Morgan fingerprint density at radius 2 is 2.29 bits per heavy atom. The van der Waals surface area contributed by atoms with Gasteiger partial charge in [-0.05, 0) is 25.5 Å². The maximum absolute atomic E-state index is 10.8. The molecule has 2 nitrogen and oxygen atoms in total. The Labute approximate surface area is 88.8 Å². The van der Waals surface area contributed by atoms with E-state index in [0.717, 1.165) is 12.7 Å². The zero-order chi connectivity index (χ0) is 10.6. The molecule has 0 aromatic heterocycles. The van der Waals surface area contributed by atoms with Gasteiger partial charge in [0.15, 0.2) is 6.29 Å². The Morgan fingerprint density at radius 3 is 2.86 bits per heavy atom. The molecule has 0 N–H and O–H groups in total. The van der Waals surface area contributed by atoms with Crippen LogP contribution in [-0.4, -0.2) is 12.4 Å². The van der Waals surface area contributed by atoms with Crippen LogP contribution in [0.3, 0.4) is 0 Å². The summed E-state index contributed by atoms with van der Waals surface area (Å²) in [5, 5.41) is 0.431. The zero-order valence-electron chi connectivity index (χ0n) is 8.29. The van der Waals surface area contributed by atoms with Crippen LogP contribution in [0.1, 0.15) is 30.6 Å². The highest BCUT2D eigenvalue weighted by molar-refractivity contribution is 6.33. The highest BCUT2D eigenvalue weighted by atomic mass is 35.5. The normalized spacial score (nSPS) is 12.2. The molecule has 76 valence electrons. The summed E-state index contributed by atoms with van der Waals surface area (Å²) in [5.41, 5.74) is 0.425. The van der Waals surface area contributed by atoms with Crippen molar-refractivity contribution < 1.29 is 9.53 Å². The first-order valence-electron chi connectivity index (χ1n) is 4.59. The molecule has 0 saturated heterocycles. The van der Waals surface area contributed by atoms with E-state index in [2.05, 4.69) is 0 Å². The predicted molar refractivity (Wildman–Crippen MR) is 57.2 cm³/mol. The lowest BCUT2D eigenvalue weighted by Crippen LogP contribution is -2.11. The smallest absolute Gasteiger partial charge is 0.155 e. The van der Waals surface area contributed by atoms with Crippen LogP contribution >= 0.6 is 11.6 Å². The largest absolute Gasteiger partial charge is 0.490 e. The molecule has 14 heavy (non-hydrogen) atoms. The number of carbonyl (C=O) groups excluding carboxylic acids is 1. The minimum atomic E-state index is 0.0900. The summed E-state index contributed by atoms with van der Waals surface area (Å²) in [6.07, 6.45) is 1.71. The number of rotatable bonds is 4. The van der Waals surface area contributed by atoms with Gasteiger partial charge in [-0.25, -0.2) is 0 Å². The first kappa shape index (κ1) is 11.1. The molecule has 0 amide bonds. The van der Waals surface area contributed by atoms with E-state index in [1.54, 1.807) is 18.2 Å². The van der Waals surface area contributed by atoms with Gasteiger partial charge in [-0.2, -0.15) is 0 Å². The summed E-state index contributed by atoms with van der Waals surface area (Å²) in [6.45, 7) is 3.98. The van der Waals surface area contributed by atoms with Crippen molar-refractivity contribution in [1.82, 2.24) is 0 Å². The molecular formula is C11H13ClO2. The first-order chi connectivity index (χ1) is 6.69. The monoisotopic (exact) mass is 212 g/mol. The molecule has 3 heteroatoms. The van der Waals surface area contributed by atoms with Gasteiger partial charge < -0.3 is 4.74 Å². The van der Waals surface area contributed by atoms with Crippen molar-refractivity contribution in [3.05, 3.63) is 28.8 Å². The lowest BCUT2D eigenvalue weighted by atomic mass is 10.2. The summed E-state index contributed by atoms with van der Waals surface area (Å²) >= 11 is 5.84. The SMILES string of the molecule is CCC(C)Oc1cccc(Cl)c1C=O. The number of carbonyl (C=O) groups is 1. The van der Waals surface area contributed by atoms with Crippen molar-refractivity contribution >= 4 is 17.9 Å². The Bertz CT molecular complexity index is 323. The number of ether oxygens (including phenoxy) is 1. The highest BCUT2D eigenvalue weighted by Crippen LogP contribution is 2.25. The molecule has 0 bridgehead atoms. The van der Waals surface area contributed by atoms with E-state index in [-0.39, 0.29) is 6.10 Å². The van der Waals surface area contributed by atoms with Gasteiger partial charge in [0.1, 0.15) is 5.75 Å². The van der Waals surface area contributed by atoms with Gasteiger partial charge in [0.2, 0.25) is 0 Å². The molecule has 1 atom stereocenters. The van der Waals surface area contributed by atoms with Crippen LogP contribution in [0, 0.1) is 0 Å². The van der Waals surface area contributed by atoms with E-state index in [1.165, 1.54) is 0 Å². The van der Waals surface area contributed by atoms with E-state index < -0.39 is 0 Å². The van der Waals surface area contributed by atoms with E-state index in [0.29, 0.717) is 16.3 Å². The average Bonchev–Trinajstić information content (AvgIpc) is 2.18. The van der Waals surface area contributed by atoms with Crippen molar-refractivity contribution in [1.29, 1.82) is 0 Å². The fraction of sp³-hybridized carbons (Fsp3) is 0.364. The molecule has 0 radical (unpaired) electrons. The molecule has 1 aromatic carbocycles. The van der Waals surface area contributed by atoms with E-state index in [1.807, 2.05) is 13.8 Å². The van der Waals surface area contributed by atoms with Gasteiger partial charge in [0.05, 0.1) is 16.7 Å². The van der Waals surface area contributed by atoms with Crippen molar-refractivity contribution in [3.63, 3.8) is 0 Å². The van der Waals surface area contributed by atoms with Crippen LogP contribution in [0.15, 0.2) is 18.2 Å². The topological polar surface area (TPSA) is 26.3 Å². The second-order valence-electron chi connectivity index (χ2n) is 3.11. The fourth-order valence-electron chi connectivity index (χ4n) is 1.03. The van der Waals surface area contributed by atoms with Crippen molar-refractivity contribution in [3.8, 4) is 5.75 Å². The maximum atomic E-state index is 10.8. The van der Waals surface area contributed by atoms with E-state index in [9.17, 15) is 4.79 Å². The van der Waals surface area contributed by atoms with E-state index in [4.69, 9.17) is 16.3 Å². The van der Waals surface area contributed by atoms with Gasteiger partial charge in [-0.1, -0.05) is 24.6 Å². The number of halogens is 1. The molecule has 0 aliphatic rings. The highest BCUT2D eigenvalue weighted by Gasteiger charge is 2.09. The molecule has 1 unspecified atom stereocenters. The van der Waals surface area contributed by atoms with Crippen LogP contribution in [0.5, 0.6) is 5.75 Å². The Kier molecular flexibility index (Phi) is 3.96. The Morgan fingerprint density at radius 1 is 1.57 bits per heavy atom. The summed E-state index contributed by atoms with van der Waals surface area (Å²) in [6, 6.07) is 5.20. The van der Waals surface area contributed by atoms with Gasteiger partial charge in [-0.3, -0.25) is 4.79 Å². The minimum Gasteiger partial charge on any atom is -0.490 e. The standard InChI is InChI=1S/C11H13ClO2/c1-3-8(2)14-11-6-4-5-10(12)9(11)7-13/h4-8H,3H2,1-2H3. The number of aldehydes is 1. The quantitative estimate of drug-likeness (QED) is 0.716. The van der Waals surface area contributed by atoms with Gasteiger partial charge >= 0.3 is 0 Å². The van der Waals surface area contributed by atoms with E-state index >= 15 is 0 Å². The van der Waals surface area contributed by atoms with Crippen LogP contribution in [0.25, 0.3) is 0 Å². The maximum Gasteiger partial charge on any atom is 0.155 e. The molecule has 0 spiro atoms. The fourth-order valence-corrected chi connectivity index (χ4v) is 1.24. The van der Waals surface area contributed by atoms with Gasteiger partial charge in [0.25, 0.3) is 0 Å². The molecule has 0 heterocycles. The number of hydrogen-bond acceptors (Lipinski definition) is 2. The number of benzene rings is 1. The summed E-state index contributed by atoms with van der Waals surface area (Å²) in [7, 11) is 0. The van der Waals surface area contributed by atoms with Crippen molar-refractivity contribution in [2.24, 2.45) is 0 Å². The third kappa shape index (κ3) is 2.48. The third-order valence-electron chi connectivity index (χ3n) is 2.03. The molecule has 0 aliphatic heterocycles. The lowest BCUT2D eigenvalue weighted by Gasteiger charge is -2.14. The molecule has 1 aromatic rings.